The molecule has 2 atom stereocenters. The Labute approximate surface area is 110 Å². The number of hydrogen-bond donors (Lipinski definition) is 1. The molecule has 6 heteroatoms. The summed E-state index contributed by atoms with van der Waals surface area (Å²) in [6, 6.07) is 0.379. The molecule has 1 fully saturated rings. The molecular formula is C13H15FN2O3. The molecule has 0 aromatic carbocycles. The molecule has 1 aromatic rings. The van der Waals surface area contributed by atoms with Gasteiger partial charge in [-0.15, -0.1) is 0 Å². The van der Waals surface area contributed by atoms with Gasteiger partial charge < -0.3 is 10.0 Å². The monoisotopic (exact) mass is 266 g/mol. The third kappa shape index (κ3) is 2.57. The second-order valence-electron chi connectivity index (χ2n) is 4.76. The lowest BCUT2D eigenvalue weighted by molar-refractivity contribution is -0.145. The summed E-state index contributed by atoms with van der Waals surface area (Å²) in [4.78, 5) is 28.4. The minimum atomic E-state index is -1.05. The normalized spacial score (nSPS) is 23.2. The third-order valence-corrected chi connectivity index (χ3v) is 3.45. The highest BCUT2D eigenvalue weighted by Crippen LogP contribution is 2.25. The van der Waals surface area contributed by atoms with E-state index >= 15 is 0 Å². The van der Waals surface area contributed by atoms with E-state index in [9.17, 15) is 19.1 Å². The summed E-state index contributed by atoms with van der Waals surface area (Å²) in [6.07, 6.45) is 3.75. The molecule has 0 radical (unpaired) electrons. The first kappa shape index (κ1) is 13.5. The van der Waals surface area contributed by atoms with E-state index in [1.165, 1.54) is 17.2 Å². The van der Waals surface area contributed by atoms with Crippen LogP contribution in [0.4, 0.5) is 4.39 Å². The number of aromatic nitrogens is 1. The zero-order chi connectivity index (χ0) is 14.0. The maximum atomic E-state index is 13.6. The Morgan fingerprint density at radius 2 is 2.26 bits per heavy atom. The molecule has 2 heterocycles. The van der Waals surface area contributed by atoms with E-state index in [-0.39, 0.29) is 11.5 Å². The standard InChI is InChI=1S/C13H15FN2O3/c1-8-3-2-6-16(11(8)13(18)19)12(17)9-4-5-15-7-10(9)14/h4-5,7-8,11H,2-3,6H2,1H3,(H,18,19). The number of rotatable bonds is 2. The fourth-order valence-electron chi connectivity index (χ4n) is 2.50. The van der Waals surface area contributed by atoms with Gasteiger partial charge in [0.25, 0.3) is 5.91 Å². The van der Waals surface area contributed by atoms with Crippen LogP contribution in [-0.4, -0.2) is 39.5 Å². The molecule has 102 valence electrons. The van der Waals surface area contributed by atoms with Crippen LogP contribution >= 0.6 is 0 Å². The number of amides is 1. The Balaban J connectivity index is 2.31. The highest BCUT2D eigenvalue weighted by molar-refractivity contribution is 5.96. The molecule has 2 unspecified atom stereocenters. The molecular weight excluding hydrogens is 251 g/mol. The van der Waals surface area contributed by atoms with Crippen molar-refractivity contribution in [3.8, 4) is 0 Å². The van der Waals surface area contributed by atoms with Crippen molar-refractivity contribution in [3.05, 3.63) is 29.8 Å². The maximum Gasteiger partial charge on any atom is 0.326 e. The van der Waals surface area contributed by atoms with Crippen LogP contribution in [0.3, 0.4) is 0 Å². The predicted octanol–water partition coefficient (Wildman–Crippen LogP) is 1.55. The third-order valence-electron chi connectivity index (χ3n) is 3.45. The highest BCUT2D eigenvalue weighted by Gasteiger charge is 2.37. The minimum Gasteiger partial charge on any atom is -0.480 e. The summed E-state index contributed by atoms with van der Waals surface area (Å²) in [5, 5.41) is 9.24. The van der Waals surface area contributed by atoms with Gasteiger partial charge in [0.2, 0.25) is 0 Å². The fourth-order valence-corrected chi connectivity index (χ4v) is 2.50. The van der Waals surface area contributed by atoms with E-state index in [0.717, 1.165) is 19.0 Å². The van der Waals surface area contributed by atoms with Gasteiger partial charge in [0.05, 0.1) is 11.8 Å². The minimum absolute atomic E-state index is 0.129. The van der Waals surface area contributed by atoms with Crippen LogP contribution in [-0.2, 0) is 4.79 Å². The number of halogens is 1. The zero-order valence-corrected chi connectivity index (χ0v) is 10.5. The summed E-state index contributed by atoms with van der Waals surface area (Å²) >= 11 is 0. The average Bonchev–Trinajstić information content (AvgIpc) is 2.37. The van der Waals surface area contributed by atoms with Gasteiger partial charge in [0.1, 0.15) is 6.04 Å². The van der Waals surface area contributed by atoms with Gasteiger partial charge in [0, 0.05) is 12.7 Å². The van der Waals surface area contributed by atoms with Gasteiger partial charge in [-0.3, -0.25) is 9.78 Å². The molecule has 0 aliphatic carbocycles. The molecule has 0 bridgehead atoms. The molecule has 0 spiro atoms. The Morgan fingerprint density at radius 3 is 2.89 bits per heavy atom. The Kier molecular flexibility index (Phi) is 3.78. The Bertz CT molecular complexity index is 506. The van der Waals surface area contributed by atoms with Crippen molar-refractivity contribution in [2.75, 3.05) is 6.54 Å². The van der Waals surface area contributed by atoms with Crippen molar-refractivity contribution in [1.29, 1.82) is 0 Å². The Morgan fingerprint density at radius 1 is 1.53 bits per heavy atom. The van der Waals surface area contributed by atoms with Crippen LogP contribution in [0.15, 0.2) is 18.5 Å². The molecule has 5 nitrogen and oxygen atoms in total. The summed E-state index contributed by atoms with van der Waals surface area (Å²) in [7, 11) is 0. The van der Waals surface area contributed by atoms with Crippen LogP contribution in [0.25, 0.3) is 0 Å². The second-order valence-corrected chi connectivity index (χ2v) is 4.76. The van der Waals surface area contributed by atoms with E-state index in [4.69, 9.17) is 0 Å². The van der Waals surface area contributed by atoms with Crippen LogP contribution in [0, 0.1) is 11.7 Å². The van der Waals surface area contributed by atoms with Gasteiger partial charge in [-0.05, 0) is 24.8 Å². The van der Waals surface area contributed by atoms with Crippen LogP contribution in [0.2, 0.25) is 0 Å². The maximum absolute atomic E-state index is 13.6. The number of hydrogen-bond acceptors (Lipinski definition) is 3. The first-order valence-electron chi connectivity index (χ1n) is 6.15. The summed E-state index contributed by atoms with van der Waals surface area (Å²) in [5.74, 6) is -2.50. The lowest BCUT2D eigenvalue weighted by atomic mass is 9.90. The SMILES string of the molecule is CC1CCCN(C(=O)c2ccncc2F)C1C(=O)O. The van der Waals surface area contributed by atoms with E-state index < -0.39 is 23.7 Å². The van der Waals surface area contributed by atoms with Crippen molar-refractivity contribution >= 4 is 11.9 Å². The van der Waals surface area contributed by atoms with E-state index in [0.29, 0.717) is 6.54 Å². The number of nitrogens with zero attached hydrogens (tertiary/aromatic N) is 2. The van der Waals surface area contributed by atoms with E-state index in [1.807, 2.05) is 0 Å². The number of likely N-dealkylation sites (tertiary alicyclic amines) is 1. The van der Waals surface area contributed by atoms with Crippen LogP contribution in [0.5, 0.6) is 0 Å². The zero-order valence-electron chi connectivity index (χ0n) is 10.5. The lowest BCUT2D eigenvalue weighted by Gasteiger charge is -2.37. The largest absolute Gasteiger partial charge is 0.480 e. The lowest BCUT2D eigenvalue weighted by Crippen LogP contribution is -2.52. The molecule has 1 aliphatic heterocycles. The van der Waals surface area contributed by atoms with Crippen molar-refractivity contribution in [3.63, 3.8) is 0 Å². The quantitative estimate of drug-likeness (QED) is 0.881. The van der Waals surface area contributed by atoms with Crippen LogP contribution in [0.1, 0.15) is 30.1 Å². The molecule has 1 aromatic heterocycles. The van der Waals surface area contributed by atoms with Gasteiger partial charge in [0.15, 0.2) is 5.82 Å². The molecule has 19 heavy (non-hydrogen) atoms. The van der Waals surface area contributed by atoms with Gasteiger partial charge in [-0.2, -0.15) is 0 Å². The van der Waals surface area contributed by atoms with Crippen LogP contribution < -0.4 is 0 Å². The number of carboxylic acid groups (broad SMARTS) is 1. The molecule has 1 N–H and O–H groups in total. The highest BCUT2D eigenvalue weighted by atomic mass is 19.1. The number of pyridine rings is 1. The number of carbonyl (C=O) groups excluding carboxylic acids is 1. The van der Waals surface area contributed by atoms with Gasteiger partial charge >= 0.3 is 5.97 Å². The number of carboxylic acids is 1. The first-order valence-corrected chi connectivity index (χ1v) is 6.15. The number of carbonyl (C=O) groups is 2. The average molecular weight is 266 g/mol. The summed E-state index contributed by atoms with van der Waals surface area (Å²) < 4.78 is 13.6. The van der Waals surface area contributed by atoms with Gasteiger partial charge in [-0.1, -0.05) is 6.92 Å². The fraction of sp³-hybridized carbons (Fsp3) is 0.462. The van der Waals surface area contributed by atoms with Crippen molar-refractivity contribution < 1.29 is 19.1 Å². The van der Waals surface area contributed by atoms with E-state index in [1.54, 1.807) is 6.92 Å². The first-order chi connectivity index (χ1) is 9.02. The smallest absolute Gasteiger partial charge is 0.326 e. The molecule has 1 amide bonds. The summed E-state index contributed by atoms with van der Waals surface area (Å²) in [6.45, 7) is 2.13. The van der Waals surface area contributed by atoms with Gasteiger partial charge in [-0.25, -0.2) is 9.18 Å². The topological polar surface area (TPSA) is 70.5 Å². The van der Waals surface area contributed by atoms with E-state index in [2.05, 4.69) is 4.98 Å². The predicted molar refractivity (Wildman–Crippen MR) is 65.1 cm³/mol. The molecule has 1 saturated heterocycles. The van der Waals surface area contributed by atoms with Crippen molar-refractivity contribution in [1.82, 2.24) is 9.88 Å². The summed E-state index contributed by atoms with van der Waals surface area (Å²) in [5.41, 5.74) is -0.129. The number of piperidine rings is 1. The van der Waals surface area contributed by atoms with Crippen molar-refractivity contribution in [2.24, 2.45) is 5.92 Å². The molecule has 1 aliphatic rings. The Hall–Kier alpha value is -1.98. The number of aliphatic carboxylic acids is 1. The second kappa shape index (κ2) is 5.34. The van der Waals surface area contributed by atoms with Crippen molar-refractivity contribution in [2.45, 2.75) is 25.8 Å². The molecule has 2 rings (SSSR count). The molecule has 0 saturated carbocycles.